The smallest absolute Gasteiger partial charge is 0.279 e. The van der Waals surface area contributed by atoms with Crippen molar-refractivity contribution in [2.24, 2.45) is 0 Å². The molecular weight excluding hydrogens is 210 g/mol. The zero-order chi connectivity index (χ0) is 6.99. The molecule has 7 heteroatoms. The van der Waals surface area contributed by atoms with Gasteiger partial charge in [-0.15, -0.1) is 0 Å². The summed E-state index contributed by atoms with van der Waals surface area (Å²) in [6.07, 6.45) is 0. The van der Waals surface area contributed by atoms with Crippen LogP contribution in [-0.4, -0.2) is 18.7 Å². The van der Waals surface area contributed by atoms with Crippen molar-refractivity contribution in [3.05, 3.63) is 10.1 Å². The molecule has 0 unspecified atom stereocenters. The summed E-state index contributed by atoms with van der Waals surface area (Å²) in [5.74, 6) is 0. The number of hydrogen-bond donors (Lipinski definition) is 0. The van der Waals surface area contributed by atoms with E-state index in [2.05, 4.69) is 4.74 Å². The number of nitro groups is 1. The van der Waals surface area contributed by atoms with Gasteiger partial charge in [0.2, 0.25) is 0 Å². The second-order valence-electron chi connectivity index (χ2n) is 0.500. The Balaban J connectivity index is -0.0000000720. The molecule has 0 fully saturated rings. The number of nitrogens with zero attached hydrogens (tertiary/aromatic N) is 1. The van der Waals surface area contributed by atoms with Gasteiger partial charge in [-0.25, -0.2) is 10.1 Å². The molecule has 0 heterocycles. The van der Waals surface area contributed by atoms with E-state index < -0.39 is 5.15 Å². The zero-order valence-electron chi connectivity index (χ0n) is 4.54. The second kappa shape index (κ2) is 15.7. The Hall–Kier alpha value is -0.0961. The normalized spacial score (nSPS) is 5.11. The molecule has 0 spiro atoms. The molecular formula is C2H3FNO4Y-. The molecule has 0 aliphatic heterocycles. The third-order valence-electron chi connectivity index (χ3n) is 0.0833. The van der Waals surface area contributed by atoms with Crippen LogP contribution in [0.5, 0.6) is 0 Å². The van der Waals surface area contributed by atoms with E-state index in [9.17, 15) is 4.48 Å². The molecule has 0 saturated carbocycles. The molecule has 0 rings (SSSR count). The van der Waals surface area contributed by atoms with Crippen molar-refractivity contribution in [3.63, 3.8) is 0 Å². The van der Waals surface area contributed by atoms with Crippen LogP contribution in [0, 0.1) is 10.1 Å². The van der Waals surface area contributed by atoms with Gasteiger partial charge in [0.1, 0.15) is 0 Å². The average molecular weight is 213 g/mol. The van der Waals surface area contributed by atoms with E-state index in [0.29, 0.717) is 0 Å². The topological polar surface area (TPSA) is 69.4 Å². The summed E-state index contributed by atoms with van der Waals surface area (Å²) in [7, 11) is 1.26. The number of ether oxygens (including phenoxy) is 1. The van der Waals surface area contributed by atoms with E-state index in [0.717, 1.165) is 0 Å². The number of hydrogen-bond acceptors (Lipinski definition) is 4. The van der Waals surface area contributed by atoms with Crippen LogP contribution in [0.15, 0.2) is 0 Å². The molecule has 0 aromatic carbocycles. The quantitative estimate of drug-likeness (QED) is 0.262. The van der Waals surface area contributed by atoms with Crippen molar-refractivity contribution >= 4 is 6.47 Å². The van der Waals surface area contributed by atoms with Gasteiger partial charge >= 0.3 is 0 Å². The summed E-state index contributed by atoms with van der Waals surface area (Å²) in [5.41, 5.74) is 0. The molecule has 0 aromatic rings. The standard InChI is InChI=1S/C2H3O2.FNO2.Y/c1-4-2-3;1-2(3)4;/h1H3;;/q-1;;. The van der Waals surface area contributed by atoms with E-state index in [-0.39, 0.29) is 32.7 Å². The molecule has 5 nitrogen and oxygen atoms in total. The Morgan fingerprint density at radius 2 is 1.89 bits per heavy atom. The number of rotatable bonds is 1. The van der Waals surface area contributed by atoms with Gasteiger partial charge in [0.25, 0.3) is 5.15 Å². The third kappa shape index (κ3) is 337. The first-order chi connectivity index (χ1) is 3.65. The summed E-state index contributed by atoms with van der Waals surface area (Å²) in [5, 5.41) is 6.14. The predicted molar refractivity (Wildman–Crippen MR) is 20.8 cm³/mol. The molecule has 0 aliphatic carbocycles. The van der Waals surface area contributed by atoms with Crippen LogP contribution in [0.1, 0.15) is 0 Å². The Labute approximate surface area is 75.5 Å². The van der Waals surface area contributed by atoms with Gasteiger partial charge in [0.05, 0.1) is 0 Å². The Kier molecular flexibility index (Phi) is 27.8. The Morgan fingerprint density at radius 1 is 1.78 bits per heavy atom. The Morgan fingerprint density at radius 3 is 1.89 bits per heavy atom. The fourth-order valence-electron chi connectivity index (χ4n) is 0. The maximum absolute atomic E-state index is 9.72. The van der Waals surface area contributed by atoms with E-state index >= 15 is 0 Å². The summed E-state index contributed by atoms with van der Waals surface area (Å²) >= 11 is 0. The first kappa shape index (κ1) is 16.0. The molecule has 0 amide bonds. The van der Waals surface area contributed by atoms with E-state index in [1.165, 1.54) is 13.6 Å². The molecule has 0 aliphatic rings. The maximum atomic E-state index is 9.72. The van der Waals surface area contributed by atoms with Crippen LogP contribution in [0.25, 0.3) is 0 Å². The fourth-order valence-corrected chi connectivity index (χ4v) is 0. The van der Waals surface area contributed by atoms with Crippen molar-refractivity contribution in [2.75, 3.05) is 7.11 Å². The maximum Gasteiger partial charge on any atom is 0.279 e. The van der Waals surface area contributed by atoms with Gasteiger partial charge in [-0.3, -0.25) is 0 Å². The van der Waals surface area contributed by atoms with E-state index in [1.807, 2.05) is 0 Å². The van der Waals surface area contributed by atoms with Crippen LogP contribution < -0.4 is 0 Å². The molecule has 1 radical (unpaired) electrons. The molecule has 9 heavy (non-hydrogen) atoms. The first-order valence-electron chi connectivity index (χ1n) is 1.35. The first-order valence-corrected chi connectivity index (χ1v) is 1.35. The van der Waals surface area contributed by atoms with E-state index in [1.54, 1.807) is 0 Å². The van der Waals surface area contributed by atoms with Crippen molar-refractivity contribution < 1.29 is 51.9 Å². The van der Waals surface area contributed by atoms with Crippen molar-refractivity contribution in [3.8, 4) is 0 Å². The van der Waals surface area contributed by atoms with Gasteiger partial charge in [-0.05, 0) is 0 Å². The van der Waals surface area contributed by atoms with Crippen LogP contribution in [0.3, 0.4) is 0 Å². The molecule has 0 atom stereocenters. The minimum Gasteiger partial charge on any atom is -0.655 e. The summed E-state index contributed by atoms with van der Waals surface area (Å²) < 4.78 is 13.5. The SMILES string of the molecule is CO[C-]=O.O=[N+]([O-])F.[Y]. The molecule has 0 bridgehead atoms. The average Bonchev–Trinajstić information content (AvgIpc) is 1.65. The minimum absolute atomic E-state index is 0. The molecule has 0 N–H and O–H groups in total. The van der Waals surface area contributed by atoms with Crippen molar-refractivity contribution in [1.29, 1.82) is 0 Å². The van der Waals surface area contributed by atoms with Crippen LogP contribution >= 0.6 is 0 Å². The number of carbonyl (C=O) groups excluding carboxylic acids is 1. The van der Waals surface area contributed by atoms with Crippen LogP contribution in [-0.2, 0) is 42.2 Å². The van der Waals surface area contributed by atoms with Crippen LogP contribution in [0.2, 0.25) is 0 Å². The Bertz CT molecular complexity index is 75.0. The van der Waals surface area contributed by atoms with Crippen molar-refractivity contribution in [2.45, 2.75) is 0 Å². The van der Waals surface area contributed by atoms with Gasteiger partial charge in [0.15, 0.2) is 4.48 Å². The van der Waals surface area contributed by atoms with E-state index in [4.69, 9.17) is 14.9 Å². The number of methoxy groups -OCH3 is 1. The molecule has 0 aromatic heterocycles. The summed E-state index contributed by atoms with van der Waals surface area (Å²) in [6.45, 7) is 1.18. The van der Waals surface area contributed by atoms with Gasteiger partial charge in [-0.1, -0.05) is 6.47 Å². The third-order valence-corrected chi connectivity index (χ3v) is 0.0833. The summed E-state index contributed by atoms with van der Waals surface area (Å²) in [4.78, 5) is 17.0. The van der Waals surface area contributed by atoms with Crippen molar-refractivity contribution in [1.82, 2.24) is 0 Å². The van der Waals surface area contributed by atoms with Gasteiger partial charge in [0, 0.05) is 39.8 Å². The fraction of sp³-hybridized carbons (Fsp3) is 0.500. The molecule has 51 valence electrons. The molecule has 0 saturated heterocycles. The monoisotopic (exact) mass is 213 g/mol. The van der Waals surface area contributed by atoms with Crippen LogP contribution in [0.4, 0.5) is 4.48 Å². The second-order valence-corrected chi connectivity index (χ2v) is 0.500. The zero-order valence-corrected chi connectivity index (χ0v) is 7.37. The van der Waals surface area contributed by atoms with Gasteiger partial charge < -0.3 is 9.53 Å². The number of halogens is 1. The van der Waals surface area contributed by atoms with Gasteiger partial charge in [-0.2, -0.15) is 0 Å². The summed E-state index contributed by atoms with van der Waals surface area (Å²) in [6, 6.07) is 0. The largest absolute Gasteiger partial charge is 0.655 e. The predicted octanol–water partition coefficient (Wildman–Crippen LogP) is -0.155. The minimum atomic E-state index is -2.00.